The Morgan fingerprint density at radius 3 is 2.96 bits per heavy atom. The van der Waals surface area contributed by atoms with Crippen molar-refractivity contribution in [3.05, 3.63) is 30.1 Å². The molecule has 7 nitrogen and oxygen atoms in total. The highest BCUT2D eigenvalue weighted by Gasteiger charge is 2.26. The fraction of sp³-hybridized carbons (Fsp3) is 0.562. The molecule has 0 radical (unpaired) electrons. The number of anilines is 1. The van der Waals surface area contributed by atoms with E-state index in [2.05, 4.69) is 49.5 Å². The van der Waals surface area contributed by atoms with Crippen LogP contribution in [0.25, 0.3) is 4.96 Å². The first-order valence-corrected chi connectivity index (χ1v) is 9.27. The average Bonchev–Trinajstić information content (AvgIpc) is 3.23. The van der Waals surface area contributed by atoms with Gasteiger partial charge in [0.05, 0.1) is 18.4 Å². The van der Waals surface area contributed by atoms with Crippen molar-refractivity contribution in [2.45, 2.75) is 39.9 Å². The third-order valence-electron chi connectivity index (χ3n) is 4.68. The summed E-state index contributed by atoms with van der Waals surface area (Å²) in [7, 11) is 0. The van der Waals surface area contributed by atoms with Gasteiger partial charge in [-0.05, 0) is 20.8 Å². The van der Waals surface area contributed by atoms with Crippen molar-refractivity contribution in [3.8, 4) is 0 Å². The summed E-state index contributed by atoms with van der Waals surface area (Å²) in [5, 5.41) is 5.75. The normalized spacial score (nSPS) is 19.5. The Bertz CT molecular complexity index is 801. The zero-order valence-corrected chi connectivity index (χ0v) is 15.2. The monoisotopic (exact) mass is 345 g/mol. The molecule has 3 aromatic rings. The van der Waals surface area contributed by atoms with E-state index >= 15 is 0 Å². The van der Waals surface area contributed by atoms with Crippen molar-refractivity contribution in [1.82, 2.24) is 29.0 Å². The summed E-state index contributed by atoms with van der Waals surface area (Å²) in [6.45, 7) is 11.3. The van der Waals surface area contributed by atoms with Crippen LogP contribution in [0.1, 0.15) is 25.4 Å². The second kappa shape index (κ2) is 6.18. The molecule has 0 amide bonds. The Morgan fingerprint density at radius 2 is 2.21 bits per heavy atom. The van der Waals surface area contributed by atoms with E-state index in [-0.39, 0.29) is 0 Å². The van der Waals surface area contributed by atoms with E-state index < -0.39 is 0 Å². The highest BCUT2D eigenvalue weighted by molar-refractivity contribution is 7.20. The van der Waals surface area contributed by atoms with Crippen LogP contribution in [-0.2, 0) is 13.1 Å². The SMILES string of the molecule is CCn1ccnc1CN1CCN(c2nn3cc(C)nc3s2)CC1C. The summed E-state index contributed by atoms with van der Waals surface area (Å²) in [5.74, 6) is 1.15. The summed E-state index contributed by atoms with van der Waals surface area (Å²) >= 11 is 1.67. The molecular formula is C16H23N7S. The van der Waals surface area contributed by atoms with Crippen molar-refractivity contribution >= 4 is 21.4 Å². The average molecular weight is 345 g/mol. The number of hydrogen-bond donors (Lipinski definition) is 0. The Kier molecular flexibility index (Phi) is 4.01. The number of aryl methyl sites for hydroxylation is 2. The molecule has 1 unspecified atom stereocenters. The van der Waals surface area contributed by atoms with Crippen molar-refractivity contribution in [1.29, 1.82) is 0 Å². The Morgan fingerprint density at radius 1 is 1.33 bits per heavy atom. The number of rotatable bonds is 4. The molecule has 0 saturated carbocycles. The van der Waals surface area contributed by atoms with Gasteiger partial charge in [-0.3, -0.25) is 4.90 Å². The first-order chi connectivity index (χ1) is 11.6. The van der Waals surface area contributed by atoms with E-state index in [1.165, 1.54) is 0 Å². The maximum Gasteiger partial charge on any atom is 0.214 e. The summed E-state index contributed by atoms with van der Waals surface area (Å²) in [5.41, 5.74) is 1.02. The number of fused-ring (bicyclic) bond motifs is 1. The molecule has 128 valence electrons. The lowest BCUT2D eigenvalue weighted by Crippen LogP contribution is -2.51. The van der Waals surface area contributed by atoms with E-state index in [4.69, 9.17) is 0 Å². The van der Waals surface area contributed by atoms with E-state index in [1.807, 2.05) is 23.8 Å². The Labute approximate surface area is 145 Å². The number of aromatic nitrogens is 5. The van der Waals surface area contributed by atoms with Gasteiger partial charge in [0.25, 0.3) is 0 Å². The molecule has 0 N–H and O–H groups in total. The molecule has 3 aromatic heterocycles. The summed E-state index contributed by atoms with van der Waals surface area (Å²) < 4.78 is 4.11. The van der Waals surface area contributed by atoms with Crippen LogP contribution in [0.4, 0.5) is 5.13 Å². The number of hydrogen-bond acceptors (Lipinski definition) is 6. The van der Waals surface area contributed by atoms with Crippen LogP contribution in [0.5, 0.6) is 0 Å². The van der Waals surface area contributed by atoms with Gasteiger partial charge in [-0.25, -0.2) is 14.5 Å². The number of imidazole rings is 2. The van der Waals surface area contributed by atoms with E-state index in [0.29, 0.717) is 6.04 Å². The van der Waals surface area contributed by atoms with Gasteiger partial charge in [-0.15, -0.1) is 5.10 Å². The summed E-state index contributed by atoms with van der Waals surface area (Å²) in [6, 6.07) is 0.471. The molecule has 4 heterocycles. The molecule has 1 aliphatic heterocycles. The van der Waals surface area contributed by atoms with Gasteiger partial charge in [0.1, 0.15) is 5.82 Å². The molecule has 0 bridgehead atoms. The topological polar surface area (TPSA) is 54.5 Å². The first-order valence-electron chi connectivity index (χ1n) is 8.46. The van der Waals surface area contributed by atoms with E-state index in [9.17, 15) is 0 Å². The summed E-state index contributed by atoms with van der Waals surface area (Å²) in [6.07, 6.45) is 5.94. The van der Waals surface area contributed by atoms with Gasteiger partial charge < -0.3 is 9.47 Å². The largest absolute Gasteiger partial charge is 0.344 e. The van der Waals surface area contributed by atoms with E-state index in [1.54, 1.807) is 11.3 Å². The molecule has 4 rings (SSSR count). The third kappa shape index (κ3) is 2.80. The lowest BCUT2D eigenvalue weighted by Gasteiger charge is -2.39. The molecule has 0 spiro atoms. The smallest absolute Gasteiger partial charge is 0.214 e. The second-order valence-corrected chi connectivity index (χ2v) is 7.32. The fourth-order valence-corrected chi connectivity index (χ4v) is 4.26. The molecule has 1 aliphatic rings. The minimum atomic E-state index is 0.471. The molecule has 1 saturated heterocycles. The van der Waals surface area contributed by atoms with Crippen LogP contribution in [0, 0.1) is 6.92 Å². The van der Waals surface area contributed by atoms with Crippen molar-refractivity contribution in [2.75, 3.05) is 24.5 Å². The molecule has 1 fully saturated rings. The van der Waals surface area contributed by atoms with Crippen LogP contribution >= 0.6 is 11.3 Å². The maximum absolute atomic E-state index is 4.68. The van der Waals surface area contributed by atoms with Crippen molar-refractivity contribution in [3.63, 3.8) is 0 Å². The molecule has 0 aromatic carbocycles. The maximum atomic E-state index is 4.68. The fourth-order valence-electron chi connectivity index (χ4n) is 3.29. The minimum absolute atomic E-state index is 0.471. The van der Waals surface area contributed by atoms with Gasteiger partial charge in [0.2, 0.25) is 10.1 Å². The van der Waals surface area contributed by atoms with Crippen LogP contribution in [0.2, 0.25) is 0 Å². The summed E-state index contributed by atoms with van der Waals surface area (Å²) in [4.78, 5) is 14.9. The highest BCUT2D eigenvalue weighted by Crippen LogP contribution is 2.26. The zero-order chi connectivity index (χ0) is 16.7. The Hall–Kier alpha value is -1.93. The van der Waals surface area contributed by atoms with Gasteiger partial charge in [0, 0.05) is 44.6 Å². The predicted molar refractivity (Wildman–Crippen MR) is 95.6 cm³/mol. The Balaban J connectivity index is 1.44. The van der Waals surface area contributed by atoms with Crippen molar-refractivity contribution < 1.29 is 0 Å². The van der Waals surface area contributed by atoms with Crippen LogP contribution in [0.3, 0.4) is 0 Å². The van der Waals surface area contributed by atoms with Gasteiger partial charge >= 0.3 is 0 Å². The van der Waals surface area contributed by atoms with Crippen LogP contribution in [-0.4, -0.2) is 54.7 Å². The van der Waals surface area contributed by atoms with Gasteiger partial charge in [0.15, 0.2) is 0 Å². The van der Waals surface area contributed by atoms with Crippen molar-refractivity contribution in [2.24, 2.45) is 0 Å². The van der Waals surface area contributed by atoms with Crippen LogP contribution in [0.15, 0.2) is 18.6 Å². The quantitative estimate of drug-likeness (QED) is 0.724. The molecule has 8 heteroatoms. The zero-order valence-electron chi connectivity index (χ0n) is 14.4. The molecular weight excluding hydrogens is 322 g/mol. The highest BCUT2D eigenvalue weighted by atomic mass is 32.1. The van der Waals surface area contributed by atoms with Gasteiger partial charge in [-0.1, -0.05) is 11.3 Å². The molecule has 1 atom stereocenters. The second-order valence-electron chi connectivity index (χ2n) is 6.39. The first kappa shape index (κ1) is 15.6. The third-order valence-corrected chi connectivity index (χ3v) is 5.66. The van der Waals surface area contributed by atoms with E-state index in [0.717, 1.165) is 54.3 Å². The minimum Gasteiger partial charge on any atom is -0.344 e. The molecule has 0 aliphatic carbocycles. The van der Waals surface area contributed by atoms with Crippen LogP contribution < -0.4 is 4.90 Å². The lowest BCUT2D eigenvalue weighted by atomic mass is 10.2. The number of nitrogens with zero attached hydrogens (tertiary/aromatic N) is 7. The number of piperazine rings is 1. The molecule has 24 heavy (non-hydrogen) atoms. The predicted octanol–water partition coefficient (Wildman–Crippen LogP) is 2.03. The van der Waals surface area contributed by atoms with Gasteiger partial charge in [-0.2, -0.15) is 0 Å². The lowest BCUT2D eigenvalue weighted by molar-refractivity contribution is 0.174. The standard InChI is InChI=1S/C16H23N7S/c1-4-20-6-5-17-14(20)11-21-7-8-22(10-13(21)3)16-19-23-9-12(2)18-15(23)24-16/h5-6,9,13H,4,7-8,10-11H2,1-3H3.